The molecule has 0 saturated carbocycles. The van der Waals surface area contributed by atoms with E-state index in [0.717, 1.165) is 78.5 Å². The Morgan fingerprint density at radius 3 is 2.61 bits per heavy atom. The van der Waals surface area contributed by atoms with Crippen LogP contribution in [0.4, 0.5) is 10.1 Å². The molecule has 1 aliphatic heterocycles. The van der Waals surface area contributed by atoms with Crippen molar-refractivity contribution >= 4 is 28.4 Å². The molecule has 1 fully saturated rings. The first-order valence-corrected chi connectivity index (χ1v) is 13.3. The van der Waals surface area contributed by atoms with E-state index in [-0.39, 0.29) is 12.8 Å². The number of benzene rings is 3. The zero-order valence-electron chi connectivity index (χ0n) is 20.9. The molecular formula is C31H34ClFN2O. The topological polar surface area (TPSA) is 38.5 Å². The van der Waals surface area contributed by atoms with Crippen LogP contribution in [0.5, 0.6) is 5.75 Å². The van der Waals surface area contributed by atoms with E-state index in [0.29, 0.717) is 6.42 Å². The summed E-state index contributed by atoms with van der Waals surface area (Å²) in [6.45, 7) is 4.44. The lowest BCUT2D eigenvalue weighted by Gasteiger charge is -2.19. The highest BCUT2D eigenvalue weighted by atomic mass is 35.5. The Balaban J connectivity index is 1.49. The number of anilines is 1. The maximum Gasteiger partial charge on any atom is 0.119 e. The number of hydrogen-bond donors (Lipinski definition) is 1. The molecule has 188 valence electrons. The minimum Gasteiger partial charge on any atom is -0.489 e. The fourth-order valence-corrected chi connectivity index (χ4v) is 5.89. The number of nitrogens with two attached hydrogens (primary N) is 1. The molecule has 2 aliphatic rings. The third-order valence-corrected chi connectivity index (χ3v) is 7.62. The minimum atomic E-state index is -0.259. The van der Waals surface area contributed by atoms with Crippen molar-refractivity contribution in [1.29, 1.82) is 0 Å². The Morgan fingerprint density at radius 2 is 1.83 bits per heavy atom. The molecule has 1 heterocycles. The maximum atomic E-state index is 12.5. The summed E-state index contributed by atoms with van der Waals surface area (Å²) < 4.78 is 18.8. The second-order valence-electron chi connectivity index (χ2n) is 10.0. The number of alkyl halides is 1. The van der Waals surface area contributed by atoms with Crippen LogP contribution in [0.3, 0.4) is 0 Å². The van der Waals surface area contributed by atoms with Crippen LogP contribution in [0.1, 0.15) is 53.5 Å². The number of nitrogens with zero attached hydrogens (tertiary/aromatic N) is 1. The van der Waals surface area contributed by atoms with Crippen molar-refractivity contribution < 1.29 is 9.13 Å². The fourth-order valence-electron chi connectivity index (χ4n) is 5.54. The number of aryl methyl sites for hydroxylation is 2. The molecule has 1 aliphatic carbocycles. The average molecular weight is 505 g/mol. The fraction of sp³-hybridized carbons (Fsp3) is 0.355. The number of ether oxygens (including phenoxy) is 1. The van der Waals surface area contributed by atoms with Crippen molar-refractivity contribution in [3.8, 4) is 5.75 Å². The molecule has 0 spiro atoms. The van der Waals surface area contributed by atoms with Gasteiger partial charge >= 0.3 is 0 Å². The van der Waals surface area contributed by atoms with Crippen LogP contribution >= 0.6 is 11.6 Å². The van der Waals surface area contributed by atoms with Gasteiger partial charge in [-0.05, 0) is 108 Å². The molecule has 0 radical (unpaired) electrons. The standard InChI is InChI=1S/C31H34ClFN2O/c1-21-6-12-28(30(32)18-21)29-5-2-4-23-19-24(34)9-13-27(23)31(29)22-7-10-25(11-8-22)36-26-14-17-35(20-26)16-3-15-33/h6-13,18-19,26H,2-5,14-17,20,34H2,1H3/t26-/m0/s1. The van der Waals surface area contributed by atoms with E-state index in [4.69, 9.17) is 22.1 Å². The van der Waals surface area contributed by atoms with Gasteiger partial charge in [0.2, 0.25) is 0 Å². The molecular weight excluding hydrogens is 471 g/mol. The van der Waals surface area contributed by atoms with E-state index in [2.05, 4.69) is 60.4 Å². The summed E-state index contributed by atoms with van der Waals surface area (Å²) in [5, 5.41) is 0.792. The van der Waals surface area contributed by atoms with Gasteiger partial charge in [0.1, 0.15) is 11.9 Å². The van der Waals surface area contributed by atoms with E-state index in [1.165, 1.54) is 22.3 Å². The molecule has 2 N–H and O–H groups in total. The van der Waals surface area contributed by atoms with Gasteiger partial charge in [-0.1, -0.05) is 41.9 Å². The maximum absolute atomic E-state index is 12.5. The Hall–Kier alpha value is -2.82. The molecule has 0 amide bonds. The number of nitrogen functional groups attached to an aromatic ring is 1. The van der Waals surface area contributed by atoms with Gasteiger partial charge in [-0.3, -0.25) is 9.29 Å². The number of rotatable bonds is 7. The summed E-state index contributed by atoms with van der Waals surface area (Å²) in [7, 11) is 0. The van der Waals surface area contributed by atoms with Gasteiger partial charge in [-0.2, -0.15) is 0 Å². The molecule has 0 aromatic heterocycles. The first-order chi connectivity index (χ1) is 17.5. The van der Waals surface area contributed by atoms with Crippen LogP contribution in [0.15, 0.2) is 60.7 Å². The van der Waals surface area contributed by atoms with Gasteiger partial charge in [-0.15, -0.1) is 0 Å². The Labute approximate surface area is 218 Å². The third kappa shape index (κ3) is 5.45. The second-order valence-corrected chi connectivity index (χ2v) is 10.4. The third-order valence-electron chi connectivity index (χ3n) is 7.31. The number of halogens is 2. The smallest absolute Gasteiger partial charge is 0.119 e. The summed E-state index contributed by atoms with van der Waals surface area (Å²) in [4.78, 5) is 2.29. The van der Waals surface area contributed by atoms with Gasteiger partial charge in [0.15, 0.2) is 0 Å². The van der Waals surface area contributed by atoms with Crippen molar-refractivity contribution in [2.45, 2.75) is 45.1 Å². The Morgan fingerprint density at radius 1 is 1.03 bits per heavy atom. The van der Waals surface area contributed by atoms with E-state index in [1.54, 1.807) is 0 Å². The number of likely N-dealkylation sites (tertiary alicyclic amines) is 1. The van der Waals surface area contributed by atoms with Crippen LogP contribution < -0.4 is 10.5 Å². The van der Waals surface area contributed by atoms with Gasteiger partial charge in [0, 0.05) is 30.3 Å². The van der Waals surface area contributed by atoms with Crippen molar-refractivity contribution in [2.75, 3.05) is 32.0 Å². The number of fused-ring (bicyclic) bond motifs is 1. The predicted molar refractivity (Wildman–Crippen MR) is 148 cm³/mol. The van der Waals surface area contributed by atoms with E-state index in [1.807, 2.05) is 12.1 Å². The summed E-state index contributed by atoms with van der Waals surface area (Å²) in [6.07, 6.45) is 4.70. The normalized spacial score (nSPS) is 18.2. The SMILES string of the molecule is Cc1ccc(C2=C(c3ccc(O[C@H]4CCN(CCCF)C4)cc3)c3ccc(N)cc3CCC2)c(Cl)c1. The molecule has 0 bridgehead atoms. The second kappa shape index (κ2) is 11.1. The monoisotopic (exact) mass is 504 g/mol. The molecule has 1 atom stereocenters. The van der Waals surface area contributed by atoms with Crippen molar-refractivity contribution in [3.63, 3.8) is 0 Å². The van der Waals surface area contributed by atoms with Gasteiger partial charge < -0.3 is 10.5 Å². The molecule has 36 heavy (non-hydrogen) atoms. The highest BCUT2D eigenvalue weighted by Gasteiger charge is 2.24. The highest BCUT2D eigenvalue weighted by Crippen LogP contribution is 2.42. The summed E-state index contributed by atoms with van der Waals surface area (Å²) >= 11 is 6.79. The molecule has 3 aromatic carbocycles. The first-order valence-electron chi connectivity index (χ1n) is 13.0. The zero-order chi connectivity index (χ0) is 25.1. The van der Waals surface area contributed by atoms with Crippen LogP contribution in [-0.4, -0.2) is 37.3 Å². The number of hydrogen-bond acceptors (Lipinski definition) is 3. The van der Waals surface area contributed by atoms with Crippen LogP contribution in [0, 0.1) is 6.92 Å². The minimum absolute atomic E-state index is 0.151. The molecule has 0 unspecified atom stereocenters. The quantitative estimate of drug-likeness (QED) is 0.342. The lowest BCUT2D eigenvalue weighted by molar-refractivity contribution is 0.198. The average Bonchev–Trinajstić information content (AvgIpc) is 3.22. The Kier molecular flexibility index (Phi) is 7.64. The van der Waals surface area contributed by atoms with E-state index < -0.39 is 0 Å². The summed E-state index contributed by atoms with van der Waals surface area (Å²) in [6, 6.07) is 21.1. The van der Waals surface area contributed by atoms with Gasteiger partial charge in [-0.25, -0.2) is 0 Å². The van der Waals surface area contributed by atoms with Gasteiger partial charge in [0.05, 0.1) is 6.67 Å². The molecule has 5 rings (SSSR count). The molecule has 3 nitrogen and oxygen atoms in total. The van der Waals surface area contributed by atoms with E-state index >= 15 is 0 Å². The summed E-state index contributed by atoms with van der Waals surface area (Å²) in [5.74, 6) is 0.873. The Bertz CT molecular complexity index is 1250. The lowest BCUT2D eigenvalue weighted by Crippen LogP contribution is -2.26. The largest absolute Gasteiger partial charge is 0.489 e. The molecule has 1 saturated heterocycles. The van der Waals surface area contributed by atoms with E-state index in [9.17, 15) is 4.39 Å². The zero-order valence-corrected chi connectivity index (χ0v) is 21.7. The van der Waals surface area contributed by atoms with Crippen molar-refractivity contribution in [2.24, 2.45) is 0 Å². The van der Waals surface area contributed by atoms with Crippen molar-refractivity contribution in [1.82, 2.24) is 4.90 Å². The predicted octanol–water partition coefficient (Wildman–Crippen LogP) is 7.34. The lowest BCUT2D eigenvalue weighted by atomic mass is 9.87. The van der Waals surface area contributed by atoms with Gasteiger partial charge in [0.25, 0.3) is 0 Å². The van der Waals surface area contributed by atoms with Crippen LogP contribution in [0.2, 0.25) is 5.02 Å². The highest BCUT2D eigenvalue weighted by molar-refractivity contribution is 6.32. The van der Waals surface area contributed by atoms with Crippen LogP contribution in [-0.2, 0) is 6.42 Å². The molecule has 3 aromatic rings. The number of allylic oxidation sites excluding steroid dienone is 1. The summed E-state index contributed by atoms with van der Waals surface area (Å²) in [5.41, 5.74) is 15.4. The van der Waals surface area contributed by atoms with Crippen molar-refractivity contribution in [3.05, 3.63) is 93.5 Å². The first kappa shape index (κ1) is 24.9. The van der Waals surface area contributed by atoms with Crippen LogP contribution in [0.25, 0.3) is 11.1 Å². The molecule has 5 heteroatoms.